The minimum atomic E-state index is 0.555. The lowest BCUT2D eigenvalue weighted by Crippen LogP contribution is -1.97. The van der Waals surface area contributed by atoms with Gasteiger partial charge in [-0.05, 0) is 102 Å². The highest BCUT2D eigenvalue weighted by Crippen LogP contribution is 2.44. The lowest BCUT2D eigenvalue weighted by molar-refractivity contribution is 0.673. The van der Waals surface area contributed by atoms with Crippen LogP contribution in [0.4, 0.5) is 5.69 Å². The number of hydrogen-bond acceptors (Lipinski definition) is 2. The Hall–Kier alpha value is -8.84. The first-order chi connectivity index (χ1) is 30.7. The highest BCUT2D eigenvalue weighted by Gasteiger charge is 2.22. The number of benzene rings is 9. The summed E-state index contributed by atoms with van der Waals surface area (Å²) in [5, 5.41) is 19.2. The van der Waals surface area contributed by atoms with Crippen LogP contribution in [-0.4, -0.2) is 13.7 Å². The predicted molar refractivity (Wildman–Crippen MR) is 253 cm³/mol. The van der Waals surface area contributed by atoms with Crippen LogP contribution < -0.4 is 0 Å². The third kappa shape index (κ3) is 4.72. The summed E-state index contributed by atoms with van der Waals surface area (Å²) in [5.74, 6) is 0. The molecule has 0 saturated carbocycles. The van der Waals surface area contributed by atoms with Gasteiger partial charge in [-0.1, -0.05) is 97.1 Å². The second-order valence-electron chi connectivity index (χ2n) is 15.9. The Labute approximate surface area is 354 Å². The molecule has 0 bridgehead atoms. The zero-order chi connectivity index (χ0) is 41.1. The van der Waals surface area contributed by atoms with E-state index < -0.39 is 0 Å². The highest BCUT2D eigenvalue weighted by molar-refractivity contribution is 6.27. The third-order valence-corrected chi connectivity index (χ3v) is 12.6. The Kier molecular flexibility index (Phi) is 7.05. The van der Waals surface area contributed by atoms with Crippen molar-refractivity contribution in [2.24, 2.45) is 0 Å². The molecule has 0 aliphatic carbocycles. The molecule has 0 atom stereocenters. The zero-order valence-corrected chi connectivity index (χ0v) is 33.0. The van der Waals surface area contributed by atoms with E-state index in [0.29, 0.717) is 11.3 Å². The number of nitriles is 1. The summed E-state index contributed by atoms with van der Waals surface area (Å²) in [5.41, 5.74) is 14.2. The van der Waals surface area contributed by atoms with Crippen LogP contribution in [0.15, 0.2) is 192 Å². The van der Waals surface area contributed by atoms with E-state index in [4.69, 9.17) is 11.0 Å². The van der Waals surface area contributed by atoms with Crippen molar-refractivity contribution in [1.82, 2.24) is 13.7 Å². The monoisotopic (exact) mass is 789 g/mol. The molecule has 0 saturated heterocycles. The summed E-state index contributed by atoms with van der Waals surface area (Å²) in [6.45, 7) is 7.82. The number of rotatable bonds is 4. The Balaban J connectivity index is 0.994. The average Bonchev–Trinajstić information content (AvgIpc) is 4.07. The van der Waals surface area contributed by atoms with Gasteiger partial charge in [0, 0.05) is 60.2 Å². The minimum Gasteiger partial charge on any atom is -0.455 e. The van der Waals surface area contributed by atoms with Crippen molar-refractivity contribution in [2.75, 3.05) is 0 Å². The first kappa shape index (κ1) is 34.1. The molecule has 13 aromatic rings. The van der Waals surface area contributed by atoms with E-state index in [1.807, 2.05) is 48.5 Å². The van der Waals surface area contributed by atoms with Crippen molar-refractivity contribution >= 4 is 93.0 Å². The van der Waals surface area contributed by atoms with Crippen LogP contribution in [0.5, 0.6) is 0 Å². The van der Waals surface area contributed by atoms with Crippen LogP contribution in [0.25, 0.3) is 120 Å². The van der Waals surface area contributed by atoms with Crippen molar-refractivity contribution in [3.05, 3.63) is 205 Å². The molecule has 9 aromatic carbocycles. The summed E-state index contributed by atoms with van der Waals surface area (Å²) in [6, 6.07) is 67.8. The summed E-state index contributed by atoms with van der Waals surface area (Å²) < 4.78 is 13.5. The summed E-state index contributed by atoms with van der Waals surface area (Å²) in [4.78, 5) is 3.78. The van der Waals surface area contributed by atoms with Gasteiger partial charge >= 0.3 is 0 Å². The van der Waals surface area contributed by atoms with E-state index >= 15 is 0 Å². The van der Waals surface area contributed by atoms with Crippen molar-refractivity contribution < 1.29 is 4.42 Å². The van der Waals surface area contributed by atoms with Crippen molar-refractivity contribution in [3.63, 3.8) is 0 Å². The van der Waals surface area contributed by atoms with Crippen molar-refractivity contribution in [2.45, 2.75) is 0 Å². The number of fused-ring (bicyclic) bond motifs is 14. The van der Waals surface area contributed by atoms with Crippen LogP contribution >= 0.6 is 0 Å². The third-order valence-electron chi connectivity index (χ3n) is 12.6. The fraction of sp³-hybridized carbons (Fsp3) is 0. The van der Waals surface area contributed by atoms with Gasteiger partial charge in [-0.2, -0.15) is 5.26 Å². The molecule has 4 heterocycles. The maximum Gasteiger partial charge on any atom is 0.188 e. The quantitative estimate of drug-likeness (QED) is 0.167. The number of nitrogens with zero attached hydrogens (tertiary/aromatic N) is 5. The summed E-state index contributed by atoms with van der Waals surface area (Å²) >= 11 is 0. The van der Waals surface area contributed by atoms with Gasteiger partial charge in [0.25, 0.3) is 0 Å². The summed E-state index contributed by atoms with van der Waals surface area (Å²) in [7, 11) is 0. The van der Waals surface area contributed by atoms with Crippen LogP contribution in [0.1, 0.15) is 5.56 Å². The molecule has 0 spiro atoms. The van der Waals surface area contributed by atoms with Crippen LogP contribution in [0.3, 0.4) is 0 Å². The van der Waals surface area contributed by atoms with Crippen molar-refractivity contribution in [1.29, 1.82) is 5.26 Å². The smallest absolute Gasteiger partial charge is 0.188 e. The number of para-hydroxylation sites is 4. The first-order valence-corrected chi connectivity index (χ1v) is 20.6. The molecule has 0 N–H and O–H groups in total. The maximum absolute atomic E-state index is 10.4. The maximum atomic E-state index is 10.4. The minimum absolute atomic E-state index is 0.555. The average molecular weight is 790 g/mol. The van der Waals surface area contributed by atoms with Gasteiger partial charge in [0.15, 0.2) is 5.69 Å². The molecule has 0 fully saturated rings. The first-order valence-electron chi connectivity index (χ1n) is 20.6. The fourth-order valence-corrected chi connectivity index (χ4v) is 10.0. The molecule has 0 amide bonds. The zero-order valence-electron chi connectivity index (χ0n) is 33.0. The molecule has 0 aliphatic heterocycles. The van der Waals surface area contributed by atoms with Gasteiger partial charge in [0.05, 0.1) is 51.3 Å². The molecule has 0 radical (unpaired) electrons. The lowest BCUT2D eigenvalue weighted by atomic mass is 10.0. The summed E-state index contributed by atoms with van der Waals surface area (Å²) in [6.07, 6.45) is 0. The lowest BCUT2D eigenvalue weighted by Gasteiger charge is -2.13. The van der Waals surface area contributed by atoms with E-state index in [1.165, 1.54) is 32.6 Å². The Morgan fingerprint density at radius 3 is 1.85 bits per heavy atom. The fourth-order valence-electron chi connectivity index (χ4n) is 10.0. The molecule has 286 valence electrons. The Morgan fingerprint density at radius 2 is 1.06 bits per heavy atom. The largest absolute Gasteiger partial charge is 0.455 e. The SMILES string of the molecule is [C-]#[N+]c1ccc2c(c1)c1c3oc4ccccc4c3ccc1n2-c1cc(C#N)cc(-c2ccc(-n3c4ccccc4c4c3ccc3c5ccccc5n(-c5ccccc5)c34)cc2)c1. The molecule has 0 unspecified atom stereocenters. The molecule has 6 heteroatoms. The van der Waals surface area contributed by atoms with E-state index in [9.17, 15) is 5.26 Å². The predicted octanol–water partition coefficient (Wildman–Crippen LogP) is 15.0. The van der Waals surface area contributed by atoms with Crippen LogP contribution in [-0.2, 0) is 0 Å². The van der Waals surface area contributed by atoms with E-state index in [2.05, 4.69) is 164 Å². The van der Waals surface area contributed by atoms with Crippen molar-refractivity contribution in [3.8, 4) is 34.3 Å². The molecule has 6 nitrogen and oxygen atoms in total. The van der Waals surface area contributed by atoms with Crippen LogP contribution in [0, 0.1) is 17.9 Å². The molecular formula is C56H31N5O. The number of hydrogen-bond donors (Lipinski definition) is 0. The normalized spacial score (nSPS) is 11.8. The van der Waals surface area contributed by atoms with Gasteiger partial charge in [0.2, 0.25) is 0 Å². The number of aromatic nitrogens is 3. The Morgan fingerprint density at radius 1 is 0.435 bits per heavy atom. The van der Waals surface area contributed by atoms with Gasteiger partial charge < -0.3 is 18.1 Å². The van der Waals surface area contributed by atoms with E-state index in [-0.39, 0.29) is 0 Å². The van der Waals surface area contributed by atoms with Gasteiger partial charge in [-0.3, -0.25) is 0 Å². The topological polar surface area (TPSA) is 56.1 Å². The molecule has 0 aliphatic rings. The van der Waals surface area contributed by atoms with Gasteiger partial charge in [-0.15, -0.1) is 0 Å². The molecule has 13 rings (SSSR count). The standard InChI is InChI=1S/C56H31N5O/c1-58-37-21-26-49-46(32-37)54-51(28-25-44-42-14-7-10-18-52(42)62-56(44)54)60(49)40-30-34(33-57)29-36(31-40)35-19-22-39(23-20-35)59-48-17-9-6-15-45(48)53-50(59)27-24-43-41-13-5-8-16-47(41)61(55(43)53)38-11-3-2-4-12-38/h2-32H. The second kappa shape index (κ2) is 12.8. The van der Waals surface area contributed by atoms with E-state index in [0.717, 1.165) is 83.0 Å². The second-order valence-corrected chi connectivity index (χ2v) is 15.9. The van der Waals surface area contributed by atoms with Crippen LogP contribution in [0.2, 0.25) is 0 Å². The highest BCUT2D eigenvalue weighted by atomic mass is 16.3. The van der Waals surface area contributed by atoms with Gasteiger partial charge in [-0.25, -0.2) is 4.85 Å². The van der Waals surface area contributed by atoms with E-state index in [1.54, 1.807) is 0 Å². The molecule has 62 heavy (non-hydrogen) atoms. The Bertz CT molecular complexity index is 4110. The van der Waals surface area contributed by atoms with Gasteiger partial charge in [0.1, 0.15) is 11.2 Å². The molecular weight excluding hydrogens is 759 g/mol. The molecule has 4 aromatic heterocycles. The number of furan rings is 1.